The number of carbonyl (C=O) groups excluding carboxylic acids is 2. The first kappa shape index (κ1) is 20.2. The summed E-state index contributed by atoms with van der Waals surface area (Å²) in [5, 5.41) is 2.13. The molecule has 1 aromatic carbocycles. The number of carbonyl (C=O) groups is 2. The molecule has 2 aliphatic rings. The topological polar surface area (TPSA) is 61.8 Å². The second-order valence-corrected chi connectivity index (χ2v) is 7.10. The fourth-order valence-corrected chi connectivity index (χ4v) is 3.39. The number of fused-ring (bicyclic) bond motifs is 1. The molecule has 1 unspecified atom stereocenters. The van der Waals surface area contributed by atoms with Crippen LogP contribution in [0.25, 0.3) is 0 Å². The van der Waals surface area contributed by atoms with E-state index in [1.54, 1.807) is 19.1 Å². The van der Waals surface area contributed by atoms with E-state index < -0.39 is 29.6 Å². The van der Waals surface area contributed by atoms with Gasteiger partial charge in [-0.15, -0.1) is 0 Å². The Morgan fingerprint density at radius 2 is 1.93 bits per heavy atom. The van der Waals surface area contributed by atoms with Crippen molar-refractivity contribution >= 4 is 47.0 Å². The molecule has 0 saturated carbocycles. The van der Waals surface area contributed by atoms with Crippen molar-refractivity contribution in [3.63, 3.8) is 0 Å². The predicted molar refractivity (Wildman–Crippen MR) is 105 cm³/mol. The number of aliphatic imine (C=N–C) groups is 1. The molecule has 5 nitrogen and oxygen atoms in total. The lowest BCUT2D eigenvalue weighted by Gasteiger charge is -2.29. The lowest BCUT2D eigenvalue weighted by molar-refractivity contribution is -0.114. The van der Waals surface area contributed by atoms with Crippen molar-refractivity contribution in [1.29, 1.82) is 0 Å². The fourth-order valence-electron chi connectivity index (χ4n) is 2.90. The van der Waals surface area contributed by atoms with Crippen LogP contribution in [0.2, 0.25) is 10.0 Å². The van der Waals surface area contributed by atoms with Gasteiger partial charge in [0.1, 0.15) is 5.83 Å². The van der Waals surface area contributed by atoms with Gasteiger partial charge in [0.2, 0.25) is 0 Å². The van der Waals surface area contributed by atoms with Crippen LogP contribution >= 0.6 is 23.2 Å². The Morgan fingerprint density at radius 1 is 1.29 bits per heavy atom. The van der Waals surface area contributed by atoms with E-state index in [1.807, 2.05) is 0 Å². The number of urea groups is 1. The molecule has 1 aliphatic heterocycles. The molecular weight excluding hydrogens is 411 g/mol. The highest BCUT2D eigenvalue weighted by Crippen LogP contribution is 2.33. The van der Waals surface area contributed by atoms with E-state index in [1.165, 1.54) is 30.3 Å². The molecule has 9 heteroatoms. The molecule has 0 radical (unpaired) electrons. The number of likely N-dealkylation sites (N-methyl/N-ethyl adjacent to an activating group) is 1. The fraction of sp³-hybridized carbons (Fsp3) is 0.211. The normalized spacial score (nSPS) is 17.0. The third-order valence-corrected chi connectivity index (χ3v) is 5.10. The van der Waals surface area contributed by atoms with Crippen LogP contribution in [0, 0.1) is 5.82 Å². The number of hydrogen-bond donors (Lipinski definition) is 1. The molecule has 1 atom stereocenters. The van der Waals surface area contributed by atoms with Crippen LogP contribution < -0.4 is 5.32 Å². The van der Waals surface area contributed by atoms with Crippen molar-refractivity contribution in [2.24, 2.45) is 4.99 Å². The van der Waals surface area contributed by atoms with Gasteiger partial charge in [0, 0.05) is 30.9 Å². The summed E-state index contributed by atoms with van der Waals surface area (Å²) in [4.78, 5) is 29.6. The summed E-state index contributed by atoms with van der Waals surface area (Å²) in [5.41, 5.74) is 1.07. The van der Waals surface area contributed by atoms with E-state index in [0.29, 0.717) is 11.1 Å². The van der Waals surface area contributed by atoms with Gasteiger partial charge in [0.15, 0.2) is 5.82 Å². The number of hydrogen-bond acceptors (Lipinski definition) is 2. The van der Waals surface area contributed by atoms with Gasteiger partial charge in [-0.3, -0.25) is 4.79 Å². The minimum Gasteiger partial charge on any atom is -0.321 e. The van der Waals surface area contributed by atoms with Gasteiger partial charge in [-0.05, 0) is 24.6 Å². The maximum atomic E-state index is 14.1. The average molecular weight is 426 g/mol. The molecule has 28 heavy (non-hydrogen) atoms. The largest absolute Gasteiger partial charge is 0.322 e. The zero-order chi connectivity index (χ0) is 20.6. The Balaban J connectivity index is 1.85. The van der Waals surface area contributed by atoms with Crippen molar-refractivity contribution < 1.29 is 18.4 Å². The molecule has 0 fully saturated rings. The summed E-state index contributed by atoms with van der Waals surface area (Å²) in [7, 11) is 1.52. The monoisotopic (exact) mass is 425 g/mol. The van der Waals surface area contributed by atoms with Crippen LogP contribution in [0.4, 0.5) is 19.3 Å². The molecule has 3 amide bonds. The number of nitrogens with zero attached hydrogens (tertiary/aromatic N) is 2. The summed E-state index contributed by atoms with van der Waals surface area (Å²) in [6.07, 6.45) is 4.63. The van der Waals surface area contributed by atoms with E-state index in [4.69, 9.17) is 23.2 Å². The quantitative estimate of drug-likeness (QED) is 0.686. The van der Waals surface area contributed by atoms with Crippen molar-refractivity contribution in [1.82, 2.24) is 4.90 Å². The SMILES string of the molecule is CC(C1=C2C=CCC(F)=C2C(=O)N=C1)N(C)C(=O)Nc1cc(Cl)c(F)c(Cl)c1. The summed E-state index contributed by atoms with van der Waals surface area (Å²) >= 11 is 11.5. The third kappa shape index (κ3) is 3.72. The molecule has 0 spiro atoms. The summed E-state index contributed by atoms with van der Waals surface area (Å²) in [6.45, 7) is 1.71. The van der Waals surface area contributed by atoms with E-state index in [2.05, 4.69) is 10.3 Å². The molecule has 1 aromatic rings. The van der Waals surface area contributed by atoms with Crippen LogP contribution in [0.5, 0.6) is 0 Å². The molecule has 1 N–H and O–H groups in total. The van der Waals surface area contributed by atoms with Crippen LogP contribution in [-0.4, -0.2) is 36.1 Å². The number of halogens is 4. The number of benzene rings is 1. The van der Waals surface area contributed by atoms with Gasteiger partial charge in [0.25, 0.3) is 5.91 Å². The first-order valence-corrected chi connectivity index (χ1v) is 9.02. The van der Waals surface area contributed by atoms with E-state index in [9.17, 15) is 18.4 Å². The van der Waals surface area contributed by atoms with Crippen LogP contribution in [0.15, 0.2) is 51.8 Å². The zero-order valence-electron chi connectivity index (χ0n) is 14.9. The second kappa shape index (κ2) is 7.85. The Hall–Kier alpha value is -2.51. The van der Waals surface area contributed by atoms with Gasteiger partial charge in [-0.25, -0.2) is 18.6 Å². The highest BCUT2D eigenvalue weighted by Gasteiger charge is 2.30. The summed E-state index contributed by atoms with van der Waals surface area (Å²) < 4.78 is 27.6. The Labute approximate surface area is 170 Å². The van der Waals surface area contributed by atoms with Gasteiger partial charge in [-0.1, -0.05) is 35.4 Å². The number of anilines is 1. The highest BCUT2D eigenvalue weighted by atomic mass is 35.5. The van der Waals surface area contributed by atoms with E-state index in [-0.39, 0.29) is 27.7 Å². The minimum absolute atomic E-state index is 0.0319. The number of rotatable bonds is 3. The van der Waals surface area contributed by atoms with Crippen LogP contribution in [-0.2, 0) is 4.79 Å². The molecule has 0 saturated heterocycles. The number of amides is 3. The first-order valence-electron chi connectivity index (χ1n) is 8.27. The average Bonchev–Trinajstić information content (AvgIpc) is 2.65. The van der Waals surface area contributed by atoms with Crippen molar-refractivity contribution in [2.45, 2.75) is 19.4 Å². The minimum atomic E-state index is -0.775. The van der Waals surface area contributed by atoms with Gasteiger partial charge in [-0.2, -0.15) is 0 Å². The smallest absolute Gasteiger partial charge is 0.321 e. The number of dihydropyridines is 1. The maximum Gasteiger partial charge on any atom is 0.322 e. The van der Waals surface area contributed by atoms with Crippen molar-refractivity contribution in [2.75, 3.05) is 12.4 Å². The standard InChI is InChI=1S/C19H15Cl2F2N3O2/c1-9(12-8-24-18(27)16-11(12)4-3-5-15(16)22)26(2)19(28)25-10-6-13(20)17(23)14(21)7-10/h3-4,6-9H,5H2,1-2H3,(H,25,28). The molecule has 1 heterocycles. The molecule has 0 bridgehead atoms. The van der Waals surface area contributed by atoms with Crippen LogP contribution in [0.1, 0.15) is 13.3 Å². The van der Waals surface area contributed by atoms with Crippen molar-refractivity contribution in [3.05, 3.63) is 62.7 Å². The van der Waals surface area contributed by atoms with E-state index >= 15 is 0 Å². The highest BCUT2D eigenvalue weighted by molar-refractivity contribution is 6.35. The van der Waals surface area contributed by atoms with Crippen molar-refractivity contribution in [3.8, 4) is 0 Å². The maximum absolute atomic E-state index is 14.1. The Bertz CT molecular complexity index is 976. The molecule has 3 rings (SSSR count). The predicted octanol–water partition coefficient (Wildman–Crippen LogP) is 5.08. The molecule has 1 aliphatic carbocycles. The first-order chi connectivity index (χ1) is 13.2. The Kier molecular flexibility index (Phi) is 5.67. The molecule has 0 aromatic heterocycles. The van der Waals surface area contributed by atoms with E-state index in [0.717, 1.165) is 0 Å². The lowest BCUT2D eigenvalue weighted by Crippen LogP contribution is -2.40. The lowest BCUT2D eigenvalue weighted by atomic mass is 9.89. The van der Waals surface area contributed by atoms with Gasteiger partial charge in [0.05, 0.1) is 21.7 Å². The third-order valence-electron chi connectivity index (χ3n) is 4.55. The number of allylic oxidation sites excluding steroid dienone is 3. The molecular formula is C19H15Cl2F2N3O2. The number of nitrogens with one attached hydrogen (secondary N) is 1. The summed E-state index contributed by atoms with van der Waals surface area (Å²) in [5.74, 6) is -1.97. The van der Waals surface area contributed by atoms with Gasteiger partial charge >= 0.3 is 6.03 Å². The zero-order valence-corrected chi connectivity index (χ0v) is 16.4. The molecule has 146 valence electrons. The van der Waals surface area contributed by atoms with Crippen LogP contribution in [0.3, 0.4) is 0 Å². The Morgan fingerprint density at radius 3 is 2.57 bits per heavy atom. The second-order valence-electron chi connectivity index (χ2n) is 6.29. The summed E-state index contributed by atoms with van der Waals surface area (Å²) in [6, 6.07) is 1.41. The van der Waals surface area contributed by atoms with Gasteiger partial charge < -0.3 is 10.2 Å².